The molecule has 7 nitrogen and oxygen atoms in total. The maximum atomic E-state index is 12.9. The fourth-order valence-electron chi connectivity index (χ4n) is 6.92. The van der Waals surface area contributed by atoms with Gasteiger partial charge in [-0.1, -0.05) is 179 Å². The third-order valence-electron chi connectivity index (χ3n) is 10.5. The molecule has 0 amide bonds. The first kappa shape index (κ1) is 56.2. The van der Waals surface area contributed by atoms with Gasteiger partial charge in [0, 0.05) is 0 Å². The van der Waals surface area contributed by atoms with Crippen molar-refractivity contribution in [1.29, 1.82) is 0 Å². The van der Waals surface area contributed by atoms with Crippen molar-refractivity contribution in [3.8, 4) is 0 Å². The fourth-order valence-corrected chi connectivity index (χ4v) is 7.41. The third kappa shape index (κ3) is 33.6. The van der Waals surface area contributed by atoms with Gasteiger partial charge in [0.2, 0.25) is 0 Å². The number of allylic oxidation sites excluding steroid dienone is 4. The summed E-state index contributed by atoms with van der Waals surface area (Å²) >= 11 is 0. The van der Waals surface area contributed by atoms with E-state index in [9.17, 15) is 22.6 Å². The summed E-state index contributed by atoms with van der Waals surface area (Å²) in [5.41, 5.74) is -0.337. The molecule has 9 heteroatoms. The van der Waals surface area contributed by atoms with Crippen molar-refractivity contribution in [3.05, 3.63) is 53.6 Å². The quantitative estimate of drug-likeness (QED) is 0.0213. The van der Waals surface area contributed by atoms with Crippen molar-refractivity contribution in [2.75, 3.05) is 13.2 Å². The van der Waals surface area contributed by atoms with Gasteiger partial charge in [0.15, 0.2) is 0 Å². The van der Waals surface area contributed by atoms with Crippen LogP contribution in [-0.2, 0) is 19.6 Å². The predicted octanol–water partition coefficient (Wildman–Crippen LogP) is 11.5. The van der Waals surface area contributed by atoms with Gasteiger partial charge in [-0.15, -0.1) is 0 Å². The summed E-state index contributed by atoms with van der Waals surface area (Å²) in [6, 6.07) is 3.14. The van der Waals surface area contributed by atoms with Gasteiger partial charge < -0.3 is 14.0 Å². The molecule has 0 spiro atoms. The number of hydrogen-bond donors (Lipinski definition) is 0. The maximum Gasteiger partial charge on any atom is 1.00 e. The van der Waals surface area contributed by atoms with Gasteiger partial charge in [-0.3, -0.25) is 0 Å². The van der Waals surface area contributed by atoms with E-state index in [1.807, 2.05) is 0 Å². The number of benzene rings is 1. The summed E-state index contributed by atoms with van der Waals surface area (Å²) in [6.45, 7) is 4.85. The minimum atomic E-state index is -4.82. The Kier molecular flexibility index (Phi) is 40.0. The molecule has 57 heavy (non-hydrogen) atoms. The summed E-state index contributed by atoms with van der Waals surface area (Å²) in [5.74, 6) is -1.55. The van der Waals surface area contributed by atoms with Gasteiger partial charge in [0.05, 0.1) is 29.2 Å². The van der Waals surface area contributed by atoms with Crippen LogP contribution < -0.4 is 51.4 Å². The Balaban J connectivity index is 0.0000314. The predicted molar refractivity (Wildman–Crippen MR) is 232 cm³/mol. The van der Waals surface area contributed by atoms with E-state index in [2.05, 4.69) is 38.2 Å². The van der Waals surface area contributed by atoms with E-state index in [0.717, 1.165) is 50.7 Å². The summed E-state index contributed by atoms with van der Waals surface area (Å²) < 4.78 is 45.8. The Bertz CT molecular complexity index is 1280. The van der Waals surface area contributed by atoms with Gasteiger partial charge in [0.25, 0.3) is 0 Å². The van der Waals surface area contributed by atoms with Gasteiger partial charge in [-0.05, 0) is 82.4 Å². The molecule has 1 aromatic rings. The van der Waals surface area contributed by atoms with Crippen molar-refractivity contribution in [1.82, 2.24) is 0 Å². The molecule has 0 aliphatic rings. The van der Waals surface area contributed by atoms with Gasteiger partial charge in [-0.25, -0.2) is 18.0 Å². The standard InChI is InChI=1S/C48H82O7S.K/c1-3-5-7-9-11-13-15-17-19-21-23-25-27-29-31-33-35-37-41-54-47(49)45-40-39-44(56(51,52)53)43-46(45)48(50)55-42-38-36-34-32-30-28-26-24-22-20-18-16-14-12-10-8-6-4-2;/h11-14,39-40,43H,3-10,15-38,41-42H2,1-2H3,(H,51,52,53);/q;+1/p-1/b13-11+,14-12+;. The van der Waals surface area contributed by atoms with Gasteiger partial charge in [-0.2, -0.15) is 0 Å². The van der Waals surface area contributed by atoms with Crippen molar-refractivity contribution in [2.45, 2.75) is 224 Å². The fraction of sp³-hybridized carbons (Fsp3) is 0.750. The molecule has 0 saturated carbocycles. The Hall–Kier alpha value is -0.814. The zero-order chi connectivity index (χ0) is 40.8. The van der Waals surface area contributed by atoms with E-state index < -0.39 is 27.0 Å². The zero-order valence-electron chi connectivity index (χ0n) is 36.8. The number of ether oxygens (including phenoxy) is 2. The molecule has 0 aliphatic heterocycles. The van der Waals surface area contributed by atoms with Crippen LogP contribution in [0.2, 0.25) is 0 Å². The van der Waals surface area contributed by atoms with Crippen LogP contribution in [0.1, 0.15) is 240 Å². The molecule has 0 N–H and O–H groups in total. The Morgan fingerprint density at radius 3 is 1.11 bits per heavy atom. The summed E-state index contributed by atoms with van der Waals surface area (Å²) in [4.78, 5) is 25.3. The molecule has 322 valence electrons. The van der Waals surface area contributed by atoms with E-state index >= 15 is 0 Å². The summed E-state index contributed by atoms with van der Waals surface area (Å²) in [6.07, 6.45) is 47.8. The second kappa shape index (κ2) is 40.6. The van der Waals surface area contributed by atoms with Crippen molar-refractivity contribution in [2.24, 2.45) is 0 Å². The molecule has 1 aromatic carbocycles. The van der Waals surface area contributed by atoms with Crippen LogP contribution >= 0.6 is 0 Å². The van der Waals surface area contributed by atoms with E-state index in [-0.39, 0.29) is 75.7 Å². The molecular formula is C48H81KO7S. The van der Waals surface area contributed by atoms with Crippen LogP contribution in [0.4, 0.5) is 0 Å². The number of carbonyl (C=O) groups is 2. The van der Waals surface area contributed by atoms with Crippen LogP contribution in [0.5, 0.6) is 0 Å². The van der Waals surface area contributed by atoms with E-state index in [1.165, 1.54) is 160 Å². The van der Waals surface area contributed by atoms with Crippen LogP contribution in [0, 0.1) is 0 Å². The minimum Gasteiger partial charge on any atom is -0.744 e. The number of esters is 2. The summed E-state index contributed by atoms with van der Waals surface area (Å²) in [5, 5.41) is 0. The Morgan fingerprint density at radius 1 is 0.474 bits per heavy atom. The first-order chi connectivity index (χ1) is 27.3. The monoisotopic (exact) mass is 841 g/mol. The molecule has 0 unspecified atom stereocenters. The van der Waals surface area contributed by atoms with Crippen molar-refractivity contribution in [3.63, 3.8) is 0 Å². The van der Waals surface area contributed by atoms with E-state index in [1.54, 1.807) is 0 Å². The van der Waals surface area contributed by atoms with E-state index in [4.69, 9.17) is 9.47 Å². The van der Waals surface area contributed by atoms with Crippen LogP contribution in [0.3, 0.4) is 0 Å². The molecule has 0 atom stereocenters. The second-order valence-corrected chi connectivity index (χ2v) is 17.1. The topological polar surface area (TPSA) is 110 Å². The average Bonchev–Trinajstić information content (AvgIpc) is 3.18. The molecule has 0 fully saturated rings. The molecule has 0 aliphatic carbocycles. The van der Waals surface area contributed by atoms with Crippen LogP contribution in [0.15, 0.2) is 47.4 Å². The van der Waals surface area contributed by atoms with Crippen molar-refractivity contribution >= 4 is 22.1 Å². The first-order valence-electron chi connectivity index (χ1n) is 23.0. The molecule has 1 rings (SSSR count). The smallest absolute Gasteiger partial charge is 0.744 e. The molecule has 0 radical (unpaired) electrons. The molecule has 0 bridgehead atoms. The number of hydrogen-bond acceptors (Lipinski definition) is 7. The normalized spacial score (nSPS) is 11.7. The third-order valence-corrected chi connectivity index (χ3v) is 11.3. The first-order valence-corrected chi connectivity index (χ1v) is 24.5. The molecule has 0 saturated heterocycles. The van der Waals surface area contributed by atoms with Gasteiger partial charge in [0.1, 0.15) is 10.1 Å². The maximum absolute atomic E-state index is 12.9. The number of carbonyl (C=O) groups excluding carboxylic acids is 2. The van der Waals surface area contributed by atoms with Crippen molar-refractivity contribution < 1.29 is 83.4 Å². The zero-order valence-corrected chi connectivity index (χ0v) is 40.8. The van der Waals surface area contributed by atoms with E-state index in [0.29, 0.717) is 12.8 Å². The SMILES string of the molecule is CCCCC/C=C/CCCCCCCCCCCCCOC(=O)c1ccc(S(=O)(=O)[O-])cc1C(=O)OCCCCCCCCCCCCC/C=C/CCCCC.[K+]. The largest absolute Gasteiger partial charge is 1.00 e. The number of unbranched alkanes of at least 4 members (excludes halogenated alkanes) is 28. The van der Waals surface area contributed by atoms with Crippen LogP contribution in [-0.4, -0.2) is 38.1 Å². The van der Waals surface area contributed by atoms with Crippen LogP contribution in [0.25, 0.3) is 0 Å². The van der Waals surface area contributed by atoms with Gasteiger partial charge >= 0.3 is 63.3 Å². The Labute approximate surface area is 392 Å². The summed E-state index contributed by atoms with van der Waals surface area (Å²) in [7, 11) is -4.82. The molecule has 0 aromatic heterocycles. The molecule has 0 heterocycles. The molecular weight excluding hydrogens is 760 g/mol. The second-order valence-electron chi connectivity index (χ2n) is 15.7. The Morgan fingerprint density at radius 2 is 0.772 bits per heavy atom. The number of rotatable bonds is 39. The minimum absolute atomic E-state index is 0. The average molecular weight is 841 g/mol.